The number of aliphatic hydroxyl groups is 2. The van der Waals surface area contributed by atoms with Gasteiger partial charge in [-0.05, 0) is 12.8 Å². The molecule has 3 heterocycles. The van der Waals surface area contributed by atoms with Crippen molar-refractivity contribution in [2.45, 2.75) is 56.6 Å². The smallest absolute Gasteiger partial charge is 0.226 e. The summed E-state index contributed by atoms with van der Waals surface area (Å²) in [6.45, 7) is -0.133. The van der Waals surface area contributed by atoms with Crippen LogP contribution in [0.3, 0.4) is 0 Å². The van der Waals surface area contributed by atoms with Gasteiger partial charge in [0.15, 0.2) is 17.7 Å². The summed E-state index contributed by atoms with van der Waals surface area (Å²) in [6, 6.07) is 0.366. The van der Waals surface area contributed by atoms with E-state index in [-0.39, 0.29) is 6.61 Å². The SMILES string of the molecule is Nc1nc(NC2CCCC2)nc2c1ncn2[C@@H]1O[C@H](CO)C[C@H]1O. The van der Waals surface area contributed by atoms with E-state index in [1.54, 1.807) is 10.9 Å². The fraction of sp³-hybridized carbons (Fsp3) is 0.667. The van der Waals surface area contributed by atoms with Gasteiger partial charge in [-0.3, -0.25) is 4.57 Å². The molecule has 1 saturated heterocycles. The summed E-state index contributed by atoms with van der Waals surface area (Å²) in [4.78, 5) is 13.1. The maximum Gasteiger partial charge on any atom is 0.226 e. The maximum atomic E-state index is 10.2. The Morgan fingerprint density at radius 2 is 2.12 bits per heavy atom. The first-order chi connectivity index (χ1) is 11.7. The number of anilines is 2. The van der Waals surface area contributed by atoms with Crippen LogP contribution in [0.4, 0.5) is 11.8 Å². The molecule has 1 saturated carbocycles. The third-order valence-corrected chi connectivity index (χ3v) is 4.78. The predicted octanol–water partition coefficient (Wildman–Crippen LogP) is 0.404. The largest absolute Gasteiger partial charge is 0.394 e. The summed E-state index contributed by atoms with van der Waals surface area (Å²) in [7, 11) is 0. The van der Waals surface area contributed by atoms with E-state index in [0.29, 0.717) is 35.4 Å². The van der Waals surface area contributed by atoms with Crippen LogP contribution in [0.1, 0.15) is 38.3 Å². The van der Waals surface area contributed by atoms with E-state index in [1.807, 2.05) is 0 Å². The van der Waals surface area contributed by atoms with Gasteiger partial charge in [0.05, 0.1) is 19.0 Å². The second-order valence-electron chi connectivity index (χ2n) is 6.52. The summed E-state index contributed by atoms with van der Waals surface area (Å²) in [5.41, 5.74) is 7.02. The highest BCUT2D eigenvalue weighted by Crippen LogP contribution is 2.32. The molecule has 24 heavy (non-hydrogen) atoms. The number of rotatable bonds is 4. The van der Waals surface area contributed by atoms with Gasteiger partial charge >= 0.3 is 0 Å². The van der Waals surface area contributed by atoms with E-state index in [9.17, 15) is 10.2 Å². The Labute approximate surface area is 138 Å². The number of hydrogen-bond donors (Lipinski definition) is 4. The summed E-state index contributed by atoms with van der Waals surface area (Å²) < 4.78 is 7.35. The van der Waals surface area contributed by atoms with Crippen molar-refractivity contribution in [3.8, 4) is 0 Å². The Morgan fingerprint density at radius 1 is 1.33 bits per heavy atom. The number of aliphatic hydroxyl groups excluding tert-OH is 2. The highest BCUT2D eigenvalue weighted by molar-refractivity contribution is 5.83. The van der Waals surface area contributed by atoms with Crippen molar-refractivity contribution < 1.29 is 14.9 Å². The van der Waals surface area contributed by atoms with Gasteiger partial charge in [0.1, 0.15) is 11.6 Å². The number of nitrogen functional groups attached to an aromatic ring is 1. The zero-order chi connectivity index (χ0) is 16.7. The molecule has 9 nitrogen and oxygen atoms in total. The molecule has 0 unspecified atom stereocenters. The minimum absolute atomic E-state index is 0.133. The summed E-state index contributed by atoms with van der Waals surface area (Å²) in [6.07, 6.45) is 4.76. The van der Waals surface area contributed by atoms with Crippen LogP contribution in [0.5, 0.6) is 0 Å². The Bertz CT molecular complexity index is 729. The fourth-order valence-corrected chi connectivity index (χ4v) is 3.54. The number of aromatic nitrogens is 4. The van der Waals surface area contributed by atoms with Crippen molar-refractivity contribution in [2.24, 2.45) is 0 Å². The Hall–Kier alpha value is -1.97. The second kappa shape index (κ2) is 6.15. The topological polar surface area (TPSA) is 131 Å². The minimum Gasteiger partial charge on any atom is -0.394 e. The molecule has 2 fully saturated rings. The zero-order valence-corrected chi connectivity index (χ0v) is 13.3. The van der Waals surface area contributed by atoms with Crippen LogP contribution in [0, 0.1) is 0 Å². The van der Waals surface area contributed by atoms with Crippen LogP contribution in [-0.2, 0) is 4.74 Å². The Balaban J connectivity index is 1.67. The van der Waals surface area contributed by atoms with Crippen LogP contribution < -0.4 is 11.1 Å². The molecule has 3 atom stereocenters. The number of nitrogens with zero attached hydrogens (tertiary/aromatic N) is 4. The molecule has 0 bridgehead atoms. The van der Waals surface area contributed by atoms with Gasteiger partial charge in [0, 0.05) is 12.5 Å². The summed E-state index contributed by atoms with van der Waals surface area (Å²) >= 11 is 0. The number of nitrogens with one attached hydrogen (secondary N) is 1. The first-order valence-electron chi connectivity index (χ1n) is 8.36. The van der Waals surface area contributed by atoms with Crippen molar-refractivity contribution in [1.29, 1.82) is 0 Å². The number of fused-ring (bicyclic) bond motifs is 1. The van der Waals surface area contributed by atoms with Crippen molar-refractivity contribution in [1.82, 2.24) is 19.5 Å². The monoisotopic (exact) mass is 334 g/mol. The van der Waals surface area contributed by atoms with Gasteiger partial charge in [0.2, 0.25) is 5.95 Å². The van der Waals surface area contributed by atoms with E-state index in [2.05, 4.69) is 20.3 Å². The quantitative estimate of drug-likeness (QED) is 0.632. The van der Waals surface area contributed by atoms with E-state index >= 15 is 0 Å². The van der Waals surface area contributed by atoms with Gasteiger partial charge in [0.25, 0.3) is 0 Å². The minimum atomic E-state index is -0.734. The normalized spacial score (nSPS) is 28.0. The molecule has 0 amide bonds. The lowest BCUT2D eigenvalue weighted by Crippen LogP contribution is -2.20. The van der Waals surface area contributed by atoms with Crippen molar-refractivity contribution >= 4 is 22.9 Å². The average molecular weight is 334 g/mol. The number of imidazole rings is 1. The molecule has 5 N–H and O–H groups in total. The van der Waals surface area contributed by atoms with Crippen LogP contribution in [0.15, 0.2) is 6.33 Å². The van der Waals surface area contributed by atoms with E-state index < -0.39 is 18.4 Å². The fourth-order valence-electron chi connectivity index (χ4n) is 3.54. The molecule has 2 aromatic heterocycles. The highest BCUT2D eigenvalue weighted by Gasteiger charge is 2.36. The molecular formula is C15H22N6O3. The second-order valence-corrected chi connectivity index (χ2v) is 6.52. The van der Waals surface area contributed by atoms with Crippen LogP contribution in [0.25, 0.3) is 11.2 Å². The Kier molecular flexibility index (Phi) is 3.99. The number of ether oxygens (including phenoxy) is 1. The van der Waals surface area contributed by atoms with Crippen molar-refractivity contribution in [3.63, 3.8) is 0 Å². The third kappa shape index (κ3) is 2.68. The third-order valence-electron chi connectivity index (χ3n) is 4.78. The number of hydrogen-bond acceptors (Lipinski definition) is 8. The zero-order valence-electron chi connectivity index (χ0n) is 13.3. The molecule has 2 aromatic rings. The lowest BCUT2D eigenvalue weighted by Gasteiger charge is -2.17. The van der Waals surface area contributed by atoms with E-state index in [0.717, 1.165) is 12.8 Å². The Morgan fingerprint density at radius 3 is 2.83 bits per heavy atom. The lowest BCUT2D eigenvalue weighted by molar-refractivity contribution is -0.0486. The van der Waals surface area contributed by atoms with Gasteiger partial charge in [-0.25, -0.2) is 4.98 Å². The molecule has 9 heteroatoms. The van der Waals surface area contributed by atoms with E-state index in [1.165, 1.54) is 12.8 Å². The first-order valence-corrected chi connectivity index (χ1v) is 8.36. The van der Waals surface area contributed by atoms with Gasteiger partial charge < -0.3 is 26.0 Å². The van der Waals surface area contributed by atoms with Crippen molar-refractivity contribution in [2.75, 3.05) is 17.7 Å². The average Bonchev–Trinajstić information content (AvgIpc) is 3.27. The van der Waals surface area contributed by atoms with Crippen LogP contribution >= 0.6 is 0 Å². The molecule has 0 aromatic carbocycles. The summed E-state index contributed by atoms with van der Waals surface area (Å²) in [5, 5.41) is 22.8. The molecular weight excluding hydrogens is 312 g/mol. The standard InChI is InChI=1S/C15H22N6O3/c16-12-11-13(20-15(19-12)18-8-3-1-2-4-8)21(7-17-11)14-10(23)5-9(6-22)24-14/h7-10,14,22-23H,1-6H2,(H3,16,18,19,20)/t9-,10+,14+/m0/s1. The molecule has 0 radical (unpaired) electrons. The first kappa shape index (κ1) is 15.6. The van der Waals surface area contributed by atoms with Crippen molar-refractivity contribution in [3.05, 3.63) is 6.33 Å². The highest BCUT2D eigenvalue weighted by atomic mass is 16.5. The molecule has 130 valence electrons. The molecule has 1 aliphatic carbocycles. The van der Waals surface area contributed by atoms with Crippen LogP contribution in [0.2, 0.25) is 0 Å². The van der Waals surface area contributed by atoms with Gasteiger partial charge in [-0.1, -0.05) is 12.8 Å². The molecule has 1 aliphatic heterocycles. The number of nitrogens with two attached hydrogens (primary N) is 1. The molecule has 0 spiro atoms. The molecule has 2 aliphatic rings. The predicted molar refractivity (Wildman–Crippen MR) is 87.2 cm³/mol. The van der Waals surface area contributed by atoms with Crippen LogP contribution in [-0.4, -0.2) is 54.6 Å². The van der Waals surface area contributed by atoms with Gasteiger partial charge in [-0.15, -0.1) is 0 Å². The molecule has 4 rings (SSSR count). The lowest BCUT2D eigenvalue weighted by atomic mass is 10.2. The van der Waals surface area contributed by atoms with Gasteiger partial charge in [-0.2, -0.15) is 9.97 Å². The summed E-state index contributed by atoms with van der Waals surface area (Å²) in [5.74, 6) is 0.769. The van der Waals surface area contributed by atoms with E-state index in [4.69, 9.17) is 10.5 Å². The maximum absolute atomic E-state index is 10.2.